The van der Waals surface area contributed by atoms with Crippen molar-refractivity contribution < 1.29 is 0 Å². The van der Waals surface area contributed by atoms with Gasteiger partial charge in [0.2, 0.25) is 0 Å². The third kappa shape index (κ3) is 5.30. The van der Waals surface area contributed by atoms with E-state index >= 15 is 0 Å². The Morgan fingerprint density at radius 3 is 1.12 bits per heavy atom. The Bertz CT molecular complexity index is 1020. The highest BCUT2D eigenvalue weighted by Gasteiger charge is 2.15. The molecule has 0 heterocycles. The van der Waals surface area contributed by atoms with Crippen molar-refractivity contribution in [3.63, 3.8) is 0 Å². The maximum absolute atomic E-state index is 2.32. The molecule has 3 aromatic rings. The summed E-state index contributed by atoms with van der Waals surface area (Å²) in [5, 5.41) is 0. The van der Waals surface area contributed by atoms with Crippen molar-refractivity contribution in [2.24, 2.45) is 0 Å². The quantitative estimate of drug-likeness (QED) is 0.393. The molecule has 0 saturated carbocycles. The van der Waals surface area contributed by atoms with Crippen molar-refractivity contribution in [1.82, 2.24) is 0 Å². The summed E-state index contributed by atoms with van der Waals surface area (Å²) in [6.45, 7) is 17.8. The maximum Gasteiger partial charge on any atom is -0.0132 e. The molecule has 3 aromatic carbocycles. The van der Waals surface area contributed by atoms with E-state index in [2.05, 4.69) is 140 Å². The highest BCUT2D eigenvalue weighted by molar-refractivity contribution is 5.85. The molecule has 166 valence electrons. The highest BCUT2D eigenvalue weighted by Crippen LogP contribution is 2.31. The van der Waals surface area contributed by atoms with Crippen LogP contribution in [0.15, 0.2) is 84.9 Å². The van der Waals surface area contributed by atoms with Gasteiger partial charge in [-0.25, -0.2) is 0 Å². The molecular formula is C32H38. The van der Waals surface area contributed by atoms with Crippen LogP contribution in [0.4, 0.5) is 0 Å². The summed E-state index contributed by atoms with van der Waals surface area (Å²) in [6.07, 6.45) is 4.44. The van der Waals surface area contributed by atoms with Gasteiger partial charge in [-0.2, -0.15) is 0 Å². The van der Waals surface area contributed by atoms with Gasteiger partial charge in [0.15, 0.2) is 0 Å². The second-order valence-corrected chi connectivity index (χ2v) is 10.6. The molecule has 0 aliphatic carbocycles. The van der Waals surface area contributed by atoms with Gasteiger partial charge in [-0.15, -0.1) is 0 Å². The van der Waals surface area contributed by atoms with Gasteiger partial charge in [0.1, 0.15) is 0 Å². The molecule has 0 aromatic heterocycles. The molecule has 0 radical (unpaired) electrons. The molecule has 3 rings (SSSR count). The third-order valence-corrected chi connectivity index (χ3v) is 6.19. The normalized spacial score (nSPS) is 13.4. The Labute approximate surface area is 195 Å². The number of hydrogen-bond acceptors (Lipinski definition) is 0. The van der Waals surface area contributed by atoms with Gasteiger partial charge in [-0.1, -0.05) is 120 Å². The molecule has 0 heteroatoms. The smallest absolute Gasteiger partial charge is 0.0132 e. The predicted octanol–water partition coefficient (Wildman–Crippen LogP) is 9.18. The number of benzene rings is 3. The molecule has 32 heavy (non-hydrogen) atoms. The van der Waals surface area contributed by atoms with E-state index in [1.54, 1.807) is 0 Å². The molecule has 0 bridgehead atoms. The Kier molecular flexibility index (Phi) is 6.94. The standard InChI is InChI=1S/C32H38/c1-9-29(23-14-18-27(19-15-23)31(3,4)5)25-12-11-13-26(22-25)30(10-2)24-16-20-28(21-17-24)32(6,7)8/h9-22H,1-8H3/b29-9-,30-10+. The van der Waals surface area contributed by atoms with Crippen molar-refractivity contribution in [1.29, 1.82) is 0 Å². The number of hydrogen-bond donors (Lipinski definition) is 0. The lowest BCUT2D eigenvalue weighted by Crippen LogP contribution is -2.10. The Balaban J connectivity index is 1.95. The van der Waals surface area contributed by atoms with Crippen LogP contribution in [-0.2, 0) is 10.8 Å². The van der Waals surface area contributed by atoms with Gasteiger partial charge in [-0.3, -0.25) is 0 Å². The largest absolute Gasteiger partial charge is 0.0792 e. The lowest BCUT2D eigenvalue weighted by Gasteiger charge is -2.20. The summed E-state index contributed by atoms with van der Waals surface area (Å²) in [7, 11) is 0. The van der Waals surface area contributed by atoms with Crippen LogP contribution in [0.2, 0.25) is 0 Å². The second kappa shape index (κ2) is 9.33. The first-order valence-electron chi connectivity index (χ1n) is 11.7. The monoisotopic (exact) mass is 422 g/mol. The zero-order valence-electron chi connectivity index (χ0n) is 21.1. The van der Waals surface area contributed by atoms with E-state index in [1.165, 1.54) is 44.5 Å². The van der Waals surface area contributed by atoms with Crippen molar-refractivity contribution in [3.8, 4) is 0 Å². The summed E-state index contributed by atoms with van der Waals surface area (Å²) >= 11 is 0. The van der Waals surface area contributed by atoms with E-state index in [4.69, 9.17) is 0 Å². The fourth-order valence-electron chi connectivity index (χ4n) is 4.15. The van der Waals surface area contributed by atoms with E-state index in [9.17, 15) is 0 Å². The topological polar surface area (TPSA) is 0 Å². The minimum absolute atomic E-state index is 0.165. The minimum Gasteiger partial charge on any atom is -0.0792 e. The molecule has 0 atom stereocenters. The van der Waals surface area contributed by atoms with Crippen molar-refractivity contribution >= 4 is 11.1 Å². The van der Waals surface area contributed by atoms with Crippen LogP contribution in [0.1, 0.15) is 88.8 Å². The highest BCUT2D eigenvalue weighted by atomic mass is 14.2. The summed E-state index contributed by atoms with van der Waals surface area (Å²) in [6, 6.07) is 27.0. The van der Waals surface area contributed by atoms with Gasteiger partial charge in [-0.05, 0) is 75.3 Å². The van der Waals surface area contributed by atoms with E-state index in [0.29, 0.717) is 0 Å². The van der Waals surface area contributed by atoms with Crippen LogP contribution in [0.5, 0.6) is 0 Å². The van der Waals surface area contributed by atoms with Crippen LogP contribution < -0.4 is 0 Å². The van der Waals surface area contributed by atoms with Crippen LogP contribution >= 0.6 is 0 Å². The average Bonchev–Trinajstić information content (AvgIpc) is 2.75. The Morgan fingerprint density at radius 2 is 0.844 bits per heavy atom. The second-order valence-electron chi connectivity index (χ2n) is 10.6. The molecule has 0 N–H and O–H groups in total. The van der Waals surface area contributed by atoms with E-state index in [1.807, 2.05) is 0 Å². The Morgan fingerprint density at radius 1 is 0.500 bits per heavy atom. The van der Waals surface area contributed by atoms with Gasteiger partial charge >= 0.3 is 0 Å². The maximum atomic E-state index is 2.32. The molecule has 0 unspecified atom stereocenters. The van der Waals surface area contributed by atoms with Gasteiger partial charge in [0.05, 0.1) is 0 Å². The Hall–Kier alpha value is -2.86. The summed E-state index contributed by atoms with van der Waals surface area (Å²) < 4.78 is 0. The summed E-state index contributed by atoms with van der Waals surface area (Å²) in [4.78, 5) is 0. The molecule has 0 spiro atoms. The van der Waals surface area contributed by atoms with Gasteiger partial charge < -0.3 is 0 Å². The molecular weight excluding hydrogens is 384 g/mol. The average molecular weight is 423 g/mol. The summed E-state index contributed by atoms with van der Waals surface area (Å²) in [5.41, 5.74) is 10.6. The van der Waals surface area contributed by atoms with Crippen molar-refractivity contribution in [3.05, 3.63) is 118 Å². The van der Waals surface area contributed by atoms with E-state index in [-0.39, 0.29) is 10.8 Å². The molecule has 0 saturated heterocycles. The lowest BCUT2D eigenvalue weighted by molar-refractivity contribution is 0.590. The number of rotatable bonds is 4. The van der Waals surface area contributed by atoms with Crippen LogP contribution in [-0.4, -0.2) is 0 Å². The zero-order valence-corrected chi connectivity index (χ0v) is 21.1. The fourth-order valence-corrected chi connectivity index (χ4v) is 4.15. The van der Waals surface area contributed by atoms with Crippen LogP contribution in [0, 0.1) is 0 Å². The van der Waals surface area contributed by atoms with Crippen molar-refractivity contribution in [2.75, 3.05) is 0 Å². The van der Waals surface area contributed by atoms with Gasteiger partial charge in [0, 0.05) is 0 Å². The fraction of sp³-hybridized carbons (Fsp3) is 0.312. The van der Waals surface area contributed by atoms with Crippen LogP contribution in [0.3, 0.4) is 0 Å². The predicted molar refractivity (Wildman–Crippen MR) is 142 cm³/mol. The molecule has 0 aliphatic rings. The van der Waals surface area contributed by atoms with E-state index < -0.39 is 0 Å². The van der Waals surface area contributed by atoms with Crippen molar-refractivity contribution in [2.45, 2.75) is 66.2 Å². The van der Waals surface area contributed by atoms with Gasteiger partial charge in [0.25, 0.3) is 0 Å². The molecule has 0 aliphatic heterocycles. The SMILES string of the molecule is C/C=C(/c1ccc(C(C)(C)C)cc1)c1cccc(/C(=C/C)c2ccc(C(C)(C)C)cc2)c1. The zero-order chi connectivity index (χ0) is 23.5. The lowest BCUT2D eigenvalue weighted by atomic mass is 9.85. The minimum atomic E-state index is 0.165. The third-order valence-electron chi connectivity index (χ3n) is 6.19. The molecule has 0 amide bonds. The molecule has 0 fully saturated rings. The molecule has 0 nitrogen and oxygen atoms in total. The summed E-state index contributed by atoms with van der Waals surface area (Å²) in [5.74, 6) is 0. The first-order chi connectivity index (χ1) is 15.0. The van der Waals surface area contributed by atoms with E-state index in [0.717, 1.165) is 0 Å². The first-order valence-corrected chi connectivity index (χ1v) is 11.7. The first kappa shape index (κ1) is 23.8. The van der Waals surface area contributed by atoms with Crippen LogP contribution in [0.25, 0.3) is 11.1 Å². The number of allylic oxidation sites excluding steroid dienone is 2.